The minimum absolute atomic E-state index is 0.229. The van der Waals surface area contributed by atoms with Crippen LogP contribution in [0.4, 0.5) is 9.93 Å². The largest absolute Gasteiger partial charge is 0.337 e. The topological polar surface area (TPSA) is 71.8 Å². The summed E-state index contributed by atoms with van der Waals surface area (Å²) < 4.78 is 1.81. The summed E-state index contributed by atoms with van der Waals surface area (Å²) in [6.45, 7) is 2.46. The van der Waals surface area contributed by atoms with Gasteiger partial charge in [0.05, 0.1) is 11.4 Å². The van der Waals surface area contributed by atoms with Crippen LogP contribution in [0.3, 0.4) is 0 Å². The predicted octanol–water partition coefficient (Wildman–Crippen LogP) is 3.00. The Morgan fingerprint density at radius 3 is 2.78 bits per heavy atom. The summed E-state index contributed by atoms with van der Waals surface area (Å²) >= 11 is 1.42. The van der Waals surface area contributed by atoms with Gasteiger partial charge in [-0.2, -0.15) is 5.10 Å². The number of hydrogen-bond acceptors (Lipinski definition) is 4. The Hall–Kier alpha value is -2.67. The van der Waals surface area contributed by atoms with Crippen molar-refractivity contribution < 1.29 is 4.79 Å². The number of thiazole rings is 1. The van der Waals surface area contributed by atoms with Crippen LogP contribution in [0.15, 0.2) is 48.1 Å². The molecule has 2 heterocycles. The number of urea groups is 1. The van der Waals surface area contributed by atoms with Gasteiger partial charge in [-0.05, 0) is 37.1 Å². The molecule has 0 radical (unpaired) electrons. The molecule has 0 saturated heterocycles. The molecule has 0 atom stereocenters. The maximum atomic E-state index is 11.8. The number of carbonyl (C=O) groups is 1. The van der Waals surface area contributed by atoms with Crippen LogP contribution in [0.1, 0.15) is 11.3 Å². The lowest BCUT2D eigenvalue weighted by atomic mass is 10.1. The number of carbonyl (C=O) groups excluding carboxylic acids is 1. The van der Waals surface area contributed by atoms with E-state index in [0.29, 0.717) is 11.7 Å². The number of aromatic nitrogens is 3. The van der Waals surface area contributed by atoms with Gasteiger partial charge in [-0.1, -0.05) is 12.1 Å². The lowest BCUT2D eigenvalue weighted by Gasteiger charge is -2.07. The van der Waals surface area contributed by atoms with Gasteiger partial charge in [-0.15, -0.1) is 11.3 Å². The Morgan fingerprint density at radius 1 is 1.30 bits per heavy atom. The molecule has 6 nitrogen and oxygen atoms in total. The van der Waals surface area contributed by atoms with Gasteiger partial charge >= 0.3 is 6.03 Å². The zero-order valence-electron chi connectivity index (χ0n) is 12.7. The molecule has 2 aromatic heterocycles. The minimum Gasteiger partial charge on any atom is -0.337 e. The van der Waals surface area contributed by atoms with Crippen molar-refractivity contribution >= 4 is 22.5 Å². The lowest BCUT2D eigenvalue weighted by molar-refractivity contribution is 0.252. The Kier molecular flexibility index (Phi) is 4.68. The van der Waals surface area contributed by atoms with Gasteiger partial charge in [-0.25, -0.2) is 14.5 Å². The Labute approximate surface area is 138 Å². The van der Waals surface area contributed by atoms with Crippen molar-refractivity contribution in [3.8, 4) is 5.69 Å². The van der Waals surface area contributed by atoms with E-state index in [0.717, 1.165) is 23.4 Å². The number of amides is 2. The van der Waals surface area contributed by atoms with E-state index >= 15 is 0 Å². The van der Waals surface area contributed by atoms with Crippen molar-refractivity contribution in [2.24, 2.45) is 0 Å². The minimum atomic E-state index is -0.229. The molecule has 23 heavy (non-hydrogen) atoms. The van der Waals surface area contributed by atoms with Crippen LogP contribution in [0.2, 0.25) is 0 Å². The average molecular weight is 327 g/mol. The SMILES string of the molecule is Cc1csc(NC(=O)NCCc2ccc(-n3cccn3)cc2)n1. The normalized spacial score (nSPS) is 10.5. The van der Waals surface area contributed by atoms with Gasteiger partial charge in [-0.3, -0.25) is 5.32 Å². The summed E-state index contributed by atoms with van der Waals surface area (Å²) in [4.78, 5) is 15.9. The molecule has 0 aliphatic carbocycles. The molecule has 118 valence electrons. The second kappa shape index (κ2) is 7.06. The van der Waals surface area contributed by atoms with Crippen molar-refractivity contribution in [3.05, 3.63) is 59.4 Å². The van der Waals surface area contributed by atoms with Crippen LogP contribution in [0.5, 0.6) is 0 Å². The van der Waals surface area contributed by atoms with E-state index in [1.54, 1.807) is 6.20 Å². The maximum absolute atomic E-state index is 11.8. The number of benzene rings is 1. The number of anilines is 1. The van der Waals surface area contributed by atoms with Crippen LogP contribution in [0.25, 0.3) is 5.69 Å². The molecule has 0 saturated carbocycles. The van der Waals surface area contributed by atoms with E-state index in [1.165, 1.54) is 11.3 Å². The van der Waals surface area contributed by atoms with E-state index in [1.807, 2.05) is 53.5 Å². The van der Waals surface area contributed by atoms with Crippen LogP contribution in [0, 0.1) is 6.92 Å². The number of hydrogen-bond donors (Lipinski definition) is 2. The Bertz CT molecular complexity index is 764. The summed E-state index contributed by atoms with van der Waals surface area (Å²) in [6, 6.07) is 9.77. The first-order valence-electron chi connectivity index (χ1n) is 7.26. The van der Waals surface area contributed by atoms with Crippen molar-refractivity contribution in [2.45, 2.75) is 13.3 Å². The molecule has 0 fully saturated rings. The highest BCUT2D eigenvalue weighted by Gasteiger charge is 2.04. The third-order valence-electron chi connectivity index (χ3n) is 3.24. The highest BCUT2D eigenvalue weighted by molar-refractivity contribution is 7.13. The van der Waals surface area contributed by atoms with Crippen LogP contribution < -0.4 is 10.6 Å². The van der Waals surface area contributed by atoms with E-state index in [2.05, 4.69) is 20.7 Å². The van der Waals surface area contributed by atoms with Gasteiger partial charge < -0.3 is 5.32 Å². The van der Waals surface area contributed by atoms with Crippen molar-refractivity contribution in [3.63, 3.8) is 0 Å². The molecule has 3 rings (SSSR count). The van der Waals surface area contributed by atoms with Crippen molar-refractivity contribution in [1.29, 1.82) is 0 Å². The molecular formula is C16H17N5OS. The van der Waals surface area contributed by atoms with E-state index in [4.69, 9.17) is 0 Å². The smallest absolute Gasteiger partial charge is 0.321 e. The van der Waals surface area contributed by atoms with Gasteiger partial charge in [0.15, 0.2) is 5.13 Å². The van der Waals surface area contributed by atoms with E-state index in [-0.39, 0.29) is 6.03 Å². The summed E-state index contributed by atoms with van der Waals surface area (Å²) in [5.74, 6) is 0. The van der Waals surface area contributed by atoms with Crippen molar-refractivity contribution in [2.75, 3.05) is 11.9 Å². The first kappa shape index (κ1) is 15.2. The summed E-state index contributed by atoms with van der Waals surface area (Å²) in [6.07, 6.45) is 4.42. The number of rotatable bonds is 5. The summed E-state index contributed by atoms with van der Waals surface area (Å²) in [7, 11) is 0. The second-order valence-electron chi connectivity index (χ2n) is 5.04. The molecule has 0 aliphatic heterocycles. The standard InChI is InChI=1S/C16H17N5OS/c1-12-11-23-16(19-12)20-15(22)17-9-7-13-3-5-14(6-4-13)21-10-2-8-18-21/h2-6,8,10-11H,7,9H2,1H3,(H2,17,19,20,22). The highest BCUT2D eigenvalue weighted by Crippen LogP contribution is 2.14. The predicted molar refractivity (Wildman–Crippen MR) is 91.1 cm³/mol. The molecule has 7 heteroatoms. The molecule has 1 aromatic carbocycles. The zero-order valence-corrected chi connectivity index (χ0v) is 13.5. The first-order chi connectivity index (χ1) is 11.2. The van der Waals surface area contributed by atoms with Crippen LogP contribution in [-0.4, -0.2) is 27.3 Å². The van der Waals surface area contributed by atoms with Crippen LogP contribution >= 0.6 is 11.3 Å². The van der Waals surface area contributed by atoms with Gasteiger partial charge in [0.1, 0.15) is 0 Å². The van der Waals surface area contributed by atoms with Gasteiger partial charge in [0.25, 0.3) is 0 Å². The third kappa shape index (κ3) is 4.17. The monoisotopic (exact) mass is 327 g/mol. The molecule has 3 aromatic rings. The Morgan fingerprint density at radius 2 is 2.13 bits per heavy atom. The Balaban J connectivity index is 1.46. The molecule has 0 unspecified atom stereocenters. The summed E-state index contributed by atoms with van der Waals surface area (Å²) in [5, 5.41) is 12.3. The van der Waals surface area contributed by atoms with Gasteiger partial charge in [0.2, 0.25) is 0 Å². The lowest BCUT2D eigenvalue weighted by Crippen LogP contribution is -2.30. The molecule has 0 bridgehead atoms. The maximum Gasteiger partial charge on any atom is 0.321 e. The van der Waals surface area contributed by atoms with Gasteiger partial charge in [0, 0.05) is 24.3 Å². The second-order valence-corrected chi connectivity index (χ2v) is 5.90. The highest BCUT2D eigenvalue weighted by atomic mass is 32.1. The summed E-state index contributed by atoms with van der Waals surface area (Å²) in [5.41, 5.74) is 3.08. The molecule has 0 aliphatic rings. The number of aryl methyl sites for hydroxylation is 1. The number of nitrogens with zero attached hydrogens (tertiary/aromatic N) is 3. The molecular weight excluding hydrogens is 310 g/mol. The fourth-order valence-electron chi connectivity index (χ4n) is 2.11. The quantitative estimate of drug-likeness (QED) is 0.757. The average Bonchev–Trinajstić information content (AvgIpc) is 3.20. The third-order valence-corrected chi connectivity index (χ3v) is 4.12. The fraction of sp³-hybridized carbons (Fsp3) is 0.188. The molecule has 0 spiro atoms. The van der Waals surface area contributed by atoms with E-state index in [9.17, 15) is 4.79 Å². The molecule has 2 N–H and O–H groups in total. The van der Waals surface area contributed by atoms with Crippen LogP contribution in [-0.2, 0) is 6.42 Å². The van der Waals surface area contributed by atoms with E-state index < -0.39 is 0 Å². The fourth-order valence-corrected chi connectivity index (χ4v) is 2.79. The number of nitrogens with one attached hydrogen (secondary N) is 2. The molecule has 2 amide bonds. The zero-order chi connectivity index (χ0) is 16.1. The van der Waals surface area contributed by atoms with Crippen molar-refractivity contribution in [1.82, 2.24) is 20.1 Å². The first-order valence-corrected chi connectivity index (χ1v) is 8.14.